The molecular weight excluding hydrogens is 353 g/mol. The van der Waals surface area contributed by atoms with Crippen molar-refractivity contribution in [3.8, 4) is 11.1 Å². The fourth-order valence-corrected chi connectivity index (χ4v) is 3.00. The van der Waals surface area contributed by atoms with Gasteiger partial charge >= 0.3 is 0 Å². The minimum atomic E-state index is -0.972. The van der Waals surface area contributed by atoms with Gasteiger partial charge in [-0.05, 0) is 37.3 Å². The van der Waals surface area contributed by atoms with Crippen LogP contribution in [0.25, 0.3) is 11.1 Å². The second-order valence-corrected chi connectivity index (χ2v) is 5.92. The van der Waals surface area contributed by atoms with E-state index in [1.807, 2.05) is 0 Å². The van der Waals surface area contributed by atoms with Crippen molar-refractivity contribution >= 4 is 17.4 Å². The molecule has 0 fully saturated rings. The molecule has 0 aliphatic carbocycles. The molecule has 1 aromatic heterocycles. The van der Waals surface area contributed by atoms with E-state index in [1.165, 1.54) is 23.9 Å². The van der Waals surface area contributed by atoms with E-state index in [4.69, 9.17) is 11.6 Å². The number of hydrogen-bond acceptors (Lipinski definition) is 2. The third kappa shape index (κ3) is 3.05. The molecule has 0 N–H and O–H groups in total. The number of hydrogen-bond donors (Lipinski definition) is 0. The lowest BCUT2D eigenvalue weighted by Gasteiger charge is -2.09. The maximum atomic E-state index is 14.0. The Kier molecular flexibility index (Phi) is 4.39. The molecule has 0 saturated heterocycles. The average molecular weight is 365 g/mol. The van der Waals surface area contributed by atoms with Crippen molar-refractivity contribution in [2.24, 2.45) is 7.05 Å². The highest BCUT2D eigenvalue weighted by atomic mass is 35.5. The van der Waals surface area contributed by atoms with Crippen molar-refractivity contribution in [1.82, 2.24) is 9.78 Å². The molecule has 3 aromatic rings. The molecule has 0 atom stereocenters. The number of ketones is 1. The third-order valence-electron chi connectivity index (χ3n) is 3.81. The summed E-state index contributed by atoms with van der Waals surface area (Å²) in [6.45, 7) is 1.66. The van der Waals surface area contributed by atoms with Gasteiger partial charge in [0.25, 0.3) is 0 Å². The molecule has 3 nitrogen and oxygen atoms in total. The molecule has 0 aliphatic rings. The number of carbonyl (C=O) groups is 1. The van der Waals surface area contributed by atoms with Crippen molar-refractivity contribution in [2.45, 2.75) is 6.92 Å². The van der Waals surface area contributed by atoms with Gasteiger partial charge in [-0.3, -0.25) is 9.48 Å². The number of aryl methyl sites for hydroxylation is 2. The monoisotopic (exact) mass is 364 g/mol. The van der Waals surface area contributed by atoms with E-state index in [-0.39, 0.29) is 16.3 Å². The van der Waals surface area contributed by atoms with E-state index < -0.39 is 23.2 Å². The molecule has 0 spiro atoms. The second-order valence-electron chi connectivity index (χ2n) is 5.51. The summed E-state index contributed by atoms with van der Waals surface area (Å²) in [5, 5.41) is 4.29. The van der Waals surface area contributed by atoms with Crippen LogP contribution < -0.4 is 0 Å². The summed E-state index contributed by atoms with van der Waals surface area (Å²) in [6, 6.07) is 6.48. The Morgan fingerprint density at radius 2 is 1.72 bits per heavy atom. The minimum absolute atomic E-state index is 0.0801. The fraction of sp³-hybridized carbons (Fsp3) is 0.111. The van der Waals surface area contributed by atoms with Crippen LogP contribution in [0.5, 0.6) is 0 Å². The first-order valence-corrected chi connectivity index (χ1v) is 7.66. The number of aromatic nitrogens is 2. The van der Waals surface area contributed by atoms with Crippen LogP contribution in [0.3, 0.4) is 0 Å². The van der Waals surface area contributed by atoms with Crippen LogP contribution in [-0.4, -0.2) is 15.6 Å². The topological polar surface area (TPSA) is 34.9 Å². The van der Waals surface area contributed by atoms with Gasteiger partial charge in [0.2, 0.25) is 5.78 Å². The summed E-state index contributed by atoms with van der Waals surface area (Å²) in [5.74, 6) is -2.94. The summed E-state index contributed by atoms with van der Waals surface area (Å²) < 4.78 is 41.8. The van der Waals surface area contributed by atoms with Gasteiger partial charge in [-0.25, -0.2) is 13.2 Å². The molecule has 0 aliphatic heterocycles. The lowest BCUT2D eigenvalue weighted by molar-refractivity contribution is 0.102. The van der Waals surface area contributed by atoms with Gasteiger partial charge in [0.1, 0.15) is 23.1 Å². The molecule has 0 saturated carbocycles. The lowest BCUT2D eigenvalue weighted by atomic mass is 9.97. The highest BCUT2D eigenvalue weighted by molar-refractivity contribution is 6.33. The molecule has 0 bridgehead atoms. The van der Waals surface area contributed by atoms with E-state index in [1.54, 1.807) is 6.92 Å². The number of benzene rings is 2. The molecule has 1 heterocycles. The summed E-state index contributed by atoms with van der Waals surface area (Å²) in [5.41, 5.74) is 1.04. The predicted molar refractivity (Wildman–Crippen MR) is 88.1 cm³/mol. The molecule has 3 rings (SSSR count). The number of carbonyl (C=O) groups excluding carboxylic acids is 1. The van der Waals surface area contributed by atoms with Gasteiger partial charge in [-0.1, -0.05) is 11.6 Å². The lowest BCUT2D eigenvalue weighted by Crippen LogP contribution is -2.11. The summed E-state index contributed by atoms with van der Waals surface area (Å²) in [7, 11) is 1.53. The molecule has 25 heavy (non-hydrogen) atoms. The predicted octanol–water partition coefficient (Wildman–Crippen LogP) is 4.70. The van der Waals surface area contributed by atoms with Gasteiger partial charge in [0, 0.05) is 24.2 Å². The maximum Gasteiger partial charge on any atom is 0.214 e. The highest BCUT2D eigenvalue weighted by Crippen LogP contribution is 2.34. The SMILES string of the molecule is Cc1nn(C)c(C(=O)c2ccc(F)cc2F)c1-c1ccc(F)cc1Cl. The van der Waals surface area contributed by atoms with Crippen LogP contribution in [0.4, 0.5) is 13.2 Å². The zero-order valence-corrected chi connectivity index (χ0v) is 14.0. The maximum absolute atomic E-state index is 14.0. The zero-order chi connectivity index (χ0) is 18.3. The number of nitrogens with zero attached hydrogens (tertiary/aromatic N) is 2. The van der Waals surface area contributed by atoms with Gasteiger partial charge in [-0.15, -0.1) is 0 Å². The highest BCUT2D eigenvalue weighted by Gasteiger charge is 2.26. The molecule has 0 unspecified atom stereocenters. The van der Waals surface area contributed by atoms with Crippen LogP contribution in [0, 0.1) is 24.4 Å². The molecule has 7 heteroatoms. The van der Waals surface area contributed by atoms with E-state index in [0.717, 1.165) is 18.2 Å². The Balaban J connectivity index is 2.22. The standard InChI is InChI=1S/C18H12ClF3N2O/c1-9-16(12-5-3-10(20)7-14(12)19)17(24(2)23-9)18(25)13-6-4-11(21)8-15(13)22/h3-8H,1-2H3. The summed E-state index contributed by atoms with van der Waals surface area (Å²) >= 11 is 6.11. The normalized spacial score (nSPS) is 11.0. The average Bonchev–Trinajstić information content (AvgIpc) is 2.81. The zero-order valence-electron chi connectivity index (χ0n) is 13.3. The molecule has 2 aromatic carbocycles. The van der Waals surface area contributed by atoms with Crippen LogP contribution in [0.15, 0.2) is 36.4 Å². The van der Waals surface area contributed by atoms with E-state index in [9.17, 15) is 18.0 Å². The Morgan fingerprint density at radius 1 is 1.08 bits per heavy atom. The van der Waals surface area contributed by atoms with Crippen LogP contribution >= 0.6 is 11.6 Å². The molecule has 128 valence electrons. The second kappa shape index (κ2) is 6.37. The first kappa shape index (κ1) is 17.2. The molecule has 0 amide bonds. The van der Waals surface area contributed by atoms with Crippen LogP contribution in [0.1, 0.15) is 21.7 Å². The van der Waals surface area contributed by atoms with Gasteiger partial charge in [-0.2, -0.15) is 5.10 Å². The quantitative estimate of drug-likeness (QED) is 0.631. The largest absolute Gasteiger partial charge is 0.287 e. The van der Waals surface area contributed by atoms with Crippen molar-refractivity contribution in [1.29, 1.82) is 0 Å². The van der Waals surface area contributed by atoms with Crippen molar-refractivity contribution in [2.75, 3.05) is 0 Å². The summed E-state index contributed by atoms with van der Waals surface area (Å²) in [6.07, 6.45) is 0. The van der Waals surface area contributed by atoms with Crippen molar-refractivity contribution < 1.29 is 18.0 Å². The van der Waals surface area contributed by atoms with Crippen LogP contribution in [0.2, 0.25) is 5.02 Å². The Morgan fingerprint density at radius 3 is 2.36 bits per heavy atom. The van der Waals surface area contributed by atoms with Crippen molar-refractivity contribution in [3.05, 3.63) is 75.8 Å². The van der Waals surface area contributed by atoms with Crippen LogP contribution in [-0.2, 0) is 7.05 Å². The van der Waals surface area contributed by atoms with Gasteiger partial charge in [0.15, 0.2) is 0 Å². The van der Waals surface area contributed by atoms with E-state index in [0.29, 0.717) is 22.9 Å². The van der Waals surface area contributed by atoms with Gasteiger partial charge in [0.05, 0.1) is 16.3 Å². The number of rotatable bonds is 3. The third-order valence-corrected chi connectivity index (χ3v) is 4.13. The Labute approximate surface area is 146 Å². The first-order valence-electron chi connectivity index (χ1n) is 7.28. The Bertz CT molecular complexity index is 998. The fourth-order valence-electron chi connectivity index (χ4n) is 2.73. The molecular formula is C18H12ClF3N2O. The number of halogens is 4. The van der Waals surface area contributed by atoms with E-state index in [2.05, 4.69) is 5.10 Å². The van der Waals surface area contributed by atoms with Gasteiger partial charge < -0.3 is 0 Å². The smallest absolute Gasteiger partial charge is 0.214 e. The Hall–Kier alpha value is -2.60. The van der Waals surface area contributed by atoms with Crippen molar-refractivity contribution in [3.63, 3.8) is 0 Å². The molecule has 0 radical (unpaired) electrons. The first-order chi connectivity index (χ1) is 11.8. The minimum Gasteiger partial charge on any atom is -0.287 e. The van der Waals surface area contributed by atoms with E-state index >= 15 is 0 Å². The summed E-state index contributed by atoms with van der Waals surface area (Å²) in [4.78, 5) is 12.8.